The fraction of sp³-hybridized carbons (Fsp3) is 0.412. The van der Waals surface area contributed by atoms with Crippen molar-refractivity contribution in [2.24, 2.45) is 0 Å². The summed E-state index contributed by atoms with van der Waals surface area (Å²) in [7, 11) is 1.73. The van der Waals surface area contributed by atoms with Crippen LogP contribution in [0.1, 0.15) is 47.6 Å². The van der Waals surface area contributed by atoms with Crippen molar-refractivity contribution >= 4 is 5.91 Å². The number of hydrogen-bond donors (Lipinski definition) is 2. The first-order valence-corrected chi connectivity index (χ1v) is 7.64. The number of carbonyl (C=O) groups excluding carboxylic acids is 1. The van der Waals surface area contributed by atoms with Crippen LogP contribution in [0.2, 0.25) is 0 Å². The smallest absolute Gasteiger partial charge is 0.274 e. The van der Waals surface area contributed by atoms with Gasteiger partial charge >= 0.3 is 0 Å². The Bertz CT molecular complexity index is 595. The fourth-order valence-corrected chi connectivity index (χ4v) is 2.32. The normalized spacial score (nSPS) is 12.1. The molecule has 1 atom stereocenters. The van der Waals surface area contributed by atoms with Crippen molar-refractivity contribution in [3.05, 3.63) is 53.3 Å². The maximum atomic E-state index is 12.3. The molecule has 0 unspecified atom stereocenters. The zero-order valence-corrected chi connectivity index (χ0v) is 13.1. The van der Waals surface area contributed by atoms with Gasteiger partial charge in [-0.15, -0.1) is 0 Å². The summed E-state index contributed by atoms with van der Waals surface area (Å²) in [5, 5.41) is 17.1. The molecule has 1 aromatic heterocycles. The number of hydrogen-bond acceptors (Lipinski definition) is 3. The van der Waals surface area contributed by atoms with E-state index in [0.717, 1.165) is 24.1 Å². The van der Waals surface area contributed by atoms with E-state index in [1.165, 1.54) is 0 Å². The molecule has 0 saturated heterocycles. The molecule has 1 amide bonds. The first kappa shape index (κ1) is 16.2. The number of rotatable bonds is 7. The molecule has 5 nitrogen and oxygen atoms in total. The number of nitrogens with one attached hydrogen (secondary N) is 1. The predicted molar refractivity (Wildman–Crippen MR) is 85.6 cm³/mol. The molecule has 2 N–H and O–H groups in total. The summed E-state index contributed by atoms with van der Waals surface area (Å²) in [5.74, 6) is -0.126. The summed E-state index contributed by atoms with van der Waals surface area (Å²) in [6, 6.07) is 11.3. The summed E-state index contributed by atoms with van der Waals surface area (Å²) in [6.07, 6.45) is 1.83. The Morgan fingerprint density at radius 2 is 2.09 bits per heavy atom. The number of H-pyrrole nitrogens is 1. The number of nitrogens with zero attached hydrogens (tertiary/aromatic N) is 2. The van der Waals surface area contributed by atoms with Crippen molar-refractivity contribution in [2.75, 3.05) is 13.6 Å². The number of amides is 1. The molecular weight excluding hydrogens is 278 g/mol. The third-order valence-corrected chi connectivity index (χ3v) is 3.64. The lowest BCUT2D eigenvalue weighted by Gasteiger charge is -2.18. The highest BCUT2D eigenvalue weighted by Gasteiger charge is 2.16. The van der Waals surface area contributed by atoms with Gasteiger partial charge in [0.2, 0.25) is 0 Å². The monoisotopic (exact) mass is 301 g/mol. The number of aromatic amines is 1. The number of aromatic nitrogens is 2. The van der Waals surface area contributed by atoms with Crippen LogP contribution in [-0.2, 0) is 6.42 Å². The molecule has 2 aromatic rings. The summed E-state index contributed by atoms with van der Waals surface area (Å²) in [4.78, 5) is 13.9. The van der Waals surface area contributed by atoms with Crippen molar-refractivity contribution in [1.29, 1.82) is 0 Å². The van der Waals surface area contributed by atoms with Crippen LogP contribution in [0.25, 0.3) is 0 Å². The van der Waals surface area contributed by atoms with Gasteiger partial charge in [-0.05, 0) is 24.5 Å². The standard InChI is InChI=1S/C17H23N3O2/c1-3-7-14-12-15(19-18-14)17(22)20(2)11-10-16(21)13-8-5-4-6-9-13/h4-6,8-9,12,16,21H,3,7,10-11H2,1-2H3,(H,18,19)/t16-/m0/s1. The van der Waals surface area contributed by atoms with Gasteiger partial charge in [0.25, 0.3) is 5.91 Å². The molecule has 0 aliphatic carbocycles. The van der Waals surface area contributed by atoms with Gasteiger partial charge < -0.3 is 10.0 Å². The first-order chi connectivity index (χ1) is 10.6. The molecule has 0 aliphatic rings. The van der Waals surface area contributed by atoms with E-state index in [4.69, 9.17) is 0 Å². The number of aliphatic hydroxyl groups is 1. The van der Waals surface area contributed by atoms with Gasteiger partial charge in [-0.2, -0.15) is 5.10 Å². The lowest BCUT2D eigenvalue weighted by atomic mass is 10.1. The Morgan fingerprint density at radius 3 is 2.77 bits per heavy atom. The number of aliphatic hydroxyl groups excluding tert-OH is 1. The molecule has 0 saturated carbocycles. The molecule has 5 heteroatoms. The first-order valence-electron chi connectivity index (χ1n) is 7.64. The fourth-order valence-electron chi connectivity index (χ4n) is 2.32. The third-order valence-electron chi connectivity index (χ3n) is 3.64. The minimum Gasteiger partial charge on any atom is -0.388 e. The Kier molecular flexibility index (Phi) is 5.72. The molecule has 22 heavy (non-hydrogen) atoms. The van der Waals surface area contributed by atoms with Gasteiger partial charge in [-0.3, -0.25) is 9.89 Å². The van der Waals surface area contributed by atoms with Crippen molar-refractivity contribution in [1.82, 2.24) is 15.1 Å². The molecule has 0 bridgehead atoms. The Labute approximate surface area is 131 Å². The van der Waals surface area contributed by atoms with Gasteiger partial charge in [-0.1, -0.05) is 43.7 Å². The second-order valence-corrected chi connectivity index (χ2v) is 5.47. The minimum atomic E-state index is -0.564. The van der Waals surface area contributed by atoms with Crippen LogP contribution in [0.5, 0.6) is 0 Å². The number of aryl methyl sites for hydroxylation is 1. The molecule has 0 fully saturated rings. The maximum absolute atomic E-state index is 12.3. The Hall–Kier alpha value is -2.14. The van der Waals surface area contributed by atoms with Gasteiger partial charge in [0.15, 0.2) is 0 Å². The van der Waals surface area contributed by atoms with Crippen molar-refractivity contribution in [3.63, 3.8) is 0 Å². The summed E-state index contributed by atoms with van der Waals surface area (Å²) in [5.41, 5.74) is 2.28. The summed E-state index contributed by atoms with van der Waals surface area (Å²) >= 11 is 0. The second-order valence-electron chi connectivity index (χ2n) is 5.47. The van der Waals surface area contributed by atoms with E-state index in [9.17, 15) is 9.90 Å². The lowest BCUT2D eigenvalue weighted by molar-refractivity contribution is 0.0755. The zero-order chi connectivity index (χ0) is 15.9. The summed E-state index contributed by atoms with van der Waals surface area (Å²) in [6.45, 7) is 2.56. The topological polar surface area (TPSA) is 69.2 Å². The van der Waals surface area contributed by atoms with E-state index < -0.39 is 6.10 Å². The van der Waals surface area contributed by atoms with Crippen LogP contribution in [0.15, 0.2) is 36.4 Å². The molecular formula is C17H23N3O2. The van der Waals surface area contributed by atoms with Crippen LogP contribution < -0.4 is 0 Å². The van der Waals surface area contributed by atoms with Crippen molar-refractivity contribution < 1.29 is 9.90 Å². The van der Waals surface area contributed by atoms with E-state index in [0.29, 0.717) is 18.7 Å². The van der Waals surface area contributed by atoms with Crippen molar-refractivity contribution in [2.45, 2.75) is 32.3 Å². The molecule has 0 radical (unpaired) electrons. The average molecular weight is 301 g/mol. The quantitative estimate of drug-likeness (QED) is 0.826. The van der Waals surface area contributed by atoms with Crippen LogP contribution >= 0.6 is 0 Å². The minimum absolute atomic E-state index is 0.126. The van der Waals surface area contributed by atoms with Gasteiger partial charge in [0, 0.05) is 19.3 Å². The number of carbonyl (C=O) groups is 1. The highest BCUT2D eigenvalue weighted by atomic mass is 16.3. The zero-order valence-electron chi connectivity index (χ0n) is 13.1. The average Bonchev–Trinajstić information content (AvgIpc) is 3.01. The highest BCUT2D eigenvalue weighted by Crippen LogP contribution is 2.16. The molecule has 1 aromatic carbocycles. The molecule has 118 valence electrons. The van der Waals surface area contributed by atoms with E-state index in [1.807, 2.05) is 30.3 Å². The molecule has 1 heterocycles. The largest absolute Gasteiger partial charge is 0.388 e. The van der Waals surface area contributed by atoms with Gasteiger partial charge in [-0.25, -0.2) is 0 Å². The van der Waals surface area contributed by atoms with Crippen molar-refractivity contribution in [3.8, 4) is 0 Å². The van der Waals surface area contributed by atoms with E-state index in [1.54, 1.807) is 18.0 Å². The third kappa shape index (κ3) is 4.18. The highest BCUT2D eigenvalue weighted by molar-refractivity contribution is 5.92. The molecule has 2 rings (SSSR count). The van der Waals surface area contributed by atoms with E-state index >= 15 is 0 Å². The van der Waals surface area contributed by atoms with Gasteiger partial charge in [0.05, 0.1) is 6.10 Å². The second kappa shape index (κ2) is 7.75. The van der Waals surface area contributed by atoms with Crippen LogP contribution in [0.4, 0.5) is 0 Å². The van der Waals surface area contributed by atoms with Crippen LogP contribution in [-0.4, -0.2) is 39.7 Å². The van der Waals surface area contributed by atoms with E-state index in [-0.39, 0.29) is 5.91 Å². The predicted octanol–water partition coefficient (Wildman–Crippen LogP) is 2.56. The van der Waals surface area contributed by atoms with E-state index in [2.05, 4.69) is 17.1 Å². The maximum Gasteiger partial charge on any atom is 0.274 e. The molecule has 0 spiro atoms. The van der Waals surface area contributed by atoms with Gasteiger partial charge in [0.1, 0.15) is 5.69 Å². The Balaban J connectivity index is 1.88. The van der Waals surface area contributed by atoms with Crippen LogP contribution in [0.3, 0.4) is 0 Å². The Morgan fingerprint density at radius 1 is 1.36 bits per heavy atom. The number of benzene rings is 1. The SMILES string of the molecule is CCCc1cc(C(=O)N(C)CC[C@H](O)c2ccccc2)n[nH]1. The summed E-state index contributed by atoms with van der Waals surface area (Å²) < 4.78 is 0. The lowest BCUT2D eigenvalue weighted by Crippen LogP contribution is -2.29. The van der Waals surface area contributed by atoms with Crippen LogP contribution in [0, 0.1) is 0 Å². The molecule has 0 aliphatic heterocycles.